The number of para-hydroxylation sites is 1. The van der Waals surface area contributed by atoms with Crippen LogP contribution in [-0.4, -0.2) is 29.7 Å². The number of anilines is 3. The SMILES string of the molecule is Cc1ccc(-c2nnc(SCc3nc(N)nc(Nc4ccccc4C)n3)n2C)cc1. The van der Waals surface area contributed by atoms with Gasteiger partial charge in [0.2, 0.25) is 11.9 Å². The van der Waals surface area contributed by atoms with Crippen LogP contribution in [0.2, 0.25) is 0 Å². The summed E-state index contributed by atoms with van der Waals surface area (Å²) in [5, 5.41) is 12.6. The molecule has 0 aliphatic carbocycles. The van der Waals surface area contributed by atoms with Crippen molar-refractivity contribution >= 4 is 29.3 Å². The van der Waals surface area contributed by atoms with Gasteiger partial charge in [-0.15, -0.1) is 10.2 Å². The van der Waals surface area contributed by atoms with Gasteiger partial charge in [-0.05, 0) is 25.5 Å². The maximum Gasteiger partial charge on any atom is 0.232 e. The van der Waals surface area contributed by atoms with E-state index < -0.39 is 0 Å². The van der Waals surface area contributed by atoms with Crippen molar-refractivity contribution < 1.29 is 0 Å². The standard InChI is InChI=1S/C21H22N8S/c1-13-8-10-15(11-9-13)18-27-28-21(29(18)3)30-12-17-24-19(22)26-20(25-17)23-16-7-5-4-6-14(16)2/h4-11H,12H2,1-3H3,(H3,22,23,24,25,26). The number of aryl methyl sites for hydroxylation is 2. The maximum atomic E-state index is 5.90. The first kappa shape index (κ1) is 19.8. The summed E-state index contributed by atoms with van der Waals surface area (Å²) in [7, 11) is 1.95. The van der Waals surface area contributed by atoms with Crippen molar-refractivity contribution in [1.29, 1.82) is 0 Å². The highest BCUT2D eigenvalue weighted by molar-refractivity contribution is 7.98. The van der Waals surface area contributed by atoms with Crippen molar-refractivity contribution in [2.75, 3.05) is 11.1 Å². The van der Waals surface area contributed by atoms with Gasteiger partial charge in [-0.3, -0.25) is 0 Å². The summed E-state index contributed by atoms with van der Waals surface area (Å²) in [6.07, 6.45) is 0. The summed E-state index contributed by atoms with van der Waals surface area (Å²) in [6.45, 7) is 4.08. The Morgan fingerprint density at radius 1 is 0.967 bits per heavy atom. The molecule has 0 atom stereocenters. The monoisotopic (exact) mass is 418 g/mol. The lowest BCUT2D eigenvalue weighted by molar-refractivity contribution is 0.792. The number of hydrogen-bond donors (Lipinski definition) is 2. The molecular formula is C21H22N8S. The predicted molar refractivity (Wildman–Crippen MR) is 119 cm³/mol. The van der Waals surface area contributed by atoms with Gasteiger partial charge in [-0.25, -0.2) is 0 Å². The number of aromatic nitrogens is 6. The lowest BCUT2D eigenvalue weighted by Gasteiger charge is -2.09. The molecule has 2 aromatic carbocycles. The van der Waals surface area contributed by atoms with Gasteiger partial charge in [0.05, 0.1) is 5.75 Å². The second-order valence-electron chi connectivity index (χ2n) is 6.89. The quantitative estimate of drug-likeness (QED) is 0.454. The van der Waals surface area contributed by atoms with Gasteiger partial charge in [-0.1, -0.05) is 59.8 Å². The average molecular weight is 419 g/mol. The molecule has 4 aromatic rings. The minimum absolute atomic E-state index is 0.176. The molecule has 0 spiro atoms. The van der Waals surface area contributed by atoms with Crippen molar-refractivity contribution in [2.45, 2.75) is 24.8 Å². The first-order valence-corrected chi connectivity index (χ1v) is 10.4. The van der Waals surface area contributed by atoms with E-state index in [-0.39, 0.29) is 5.95 Å². The third-order valence-corrected chi connectivity index (χ3v) is 5.58. The highest BCUT2D eigenvalue weighted by Crippen LogP contribution is 2.25. The fraction of sp³-hybridized carbons (Fsp3) is 0.190. The zero-order valence-electron chi connectivity index (χ0n) is 17.0. The van der Waals surface area contributed by atoms with E-state index in [4.69, 9.17) is 5.73 Å². The van der Waals surface area contributed by atoms with E-state index in [2.05, 4.69) is 49.5 Å². The Bertz CT molecular complexity index is 1170. The third kappa shape index (κ3) is 4.41. The molecule has 3 N–H and O–H groups in total. The predicted octanol–water partition coefficient (Wildman–Crippen LogP) is 3.90. The Balaban J connectivity index is 1.50. The van der Waals surface area contributed by atoms with Crippen molar-refractivity contribution in [3.8, 4) is 11.4 Å². The van der Waals surface area contributed by atoms with E-state index in [1.54, 1.807) is 0 Å². The molecule has 0 radical (unpaired) electrons. The second kappa shape index (κ2) is 8.50. The molecule has 9 heteroatoms. The highest BCUT2D eigenvalue weighted by Gasteiger charge is 2.13. The Hall–Kier alpha value is -3.46. The van der Waals surface area contributed by atoms with Gasteiger partial charge in [0.1, 0.15) is 5.82 Å². The third-order valence-electron chi connectivity index (χ3n) is 4.57. The normalized spacial score (nSPS) is 10.9. The molecule has 0 aliphatic heterocycles. The zero-order chi connectivity index (χ0) is 21.1. The van der Waals surface area contributed by atoms with Gasteiger partial charge in [0, 0.05) is 18.3 Å². The zero-order valence-corrected chi connectivity index (χ0v) is 17.8. The Morgan fingerprint density at radius 3 is 2.50 bits per heavy atom. The van der Waals surface area contributed by atoms with Crippen LogP contribution in [0.4, 0.5) is 17.6 Å². The van der Waals surface area contributed by atoms with E-state index in [0.29, 0.717) is 17.5 Å². The van der Waals surface area contributed by atoms with Gasteiger partial charge in [0.15, 0.2) is 11.0 Å². The molecular weight excluding hydrogens is 396 g/mol. The molecule has 0 aliphatic rings. The van der Waals surface area contributed by atoms with Gasteiger partial charge < -0.3 is 15.6 Å². The van der Waals surface area contributed by atoms with E-state index in [0.717, 1.165) is 27.8 Å². The highest BCUT2D eigenvalue weighted by atomic mass is 32.2. The number of nitrogens with two attached hydrogens (primary N) is 1. The molecule has 0 saturated carbocycles. The van der Waals surface area contributed by atoms with Crippen LogP contribution < -0.4 is 11.1 Å². The van der Waals surface area contributed by atoms with Crippen LogP contribution in [0.25, 0.3) is 11.4 Å². The number of nitrogens with one attached hydrogen (secondary N) is 1. The Kier molecular flexibility index (Phi) is 5.62. The lowest BCUT2D eigenvalue weighted by atomic mass is 10.1. The number of rotatable bonds is 6. The average Bonchev–Trinajstić information content (AvgIpc) is 3.09. The summed E-state index contributed by atoms with van der Waals surface area (Å²) < 4.78 is 1.96. The van der Waals surface area contributed by atoms with Gasteiger partial charge in [0.25, 0.3) is 0 Å². The summed E-state index contributed by atoms with van der Waals surface area (Å²) in [4.78, 5) is 12.9. The fourth-order valence-corrected chi connectivity index (χ4v) is 3.68. The summed E-state index contributed by atoms with van der Waals surface area (Å²) in [6, 6.07) is 16.1. The van der Waals surface area contributed by atoms with Crippen LogP contribution in [0.1, 0.15) is 17.0 Å². The Morgan fingerprint density at radius 2 is 1.73 bits per heavy atom. The molecule has 30 heavy (non-hydrogen) atoms. The molecule has 0 fully saturated rings. The molecule has 0 bridgehead atoms. The molecule has 0 amide bonds. The maximum absolute atomic E-state index is 5.90. The van der Waals surface area contributed by atoms with Crippen molar-refractivity contribution in [3.05, 3.63) is 65.5 Å². The second-order valence-corrected chi connectivity index (χ2v) is 7.84. The molecule has 2 heterocycles. The van der Waals surface area contributed by atoms with E-state index >= 15 is 0 Å². The minimum Gasteiger partial charge on any atom is -0.368 e. The lowest BCUT2D eigenvalue weighted by Crippen LogP contribution is -2.07. The van der Waals surface area contributed by atoms with Crippen LogP contribution in [0.3, 0.4) is 0 Å². The van der Waals surface area contributed by atoms with Crippen LogP contribution in [-0.2, 0) is 12.8 Å². The van der Waals surface area contributed by atoms with Crippen LogP contribution in [0.5, 0.6) is 0 Å². The first-order valence-electron chi connectivity index (χ1n) is 9.42. The largest absolute Gasteiger partial charge is 0.368 e. The molecule has 4 rings (SSSR count). The summed E-state index contributed by atoms with van der Waals surface area (Å²) >= 11 is 1.50. The molecule has 0 saturated heterocycles. The number of hydrogen-bond acceptors (Lipinski definition) is 8. The van der Waals surface area contributed by atoms with Crippen molar-refractivity contribution in [2.24, 2.45) is 7.05 Å². The Labute approximate surface area is 179 Å². The van der Waals surface area contributed by atoms with E-state index in [1.165, 1.54) is 17.3 Å². The fourth-order valence-electron chi connectivity index (χ4n) is 2.92. The van der Waals surface area contributed by atoms with Crippen LogP contribution in [0, 0.1) is 13.8 Å². The number of nitrogens with zero attached hydrogens (tertiary/aromatic N) is 6. The molecule has 0 unspecified atom stereocenters. The smallest absolute Gasteiger partial charge is 0.232 e. The molecule has 8 nitrogen and oxygen atoms in total. The molecule has 152 valence electrons. The van der Waals surface area contributed by atoms with Gasteiger partial charge in [-0.2, -0.15) is 15.0 Å². The topological polar surface area (TPSA) is 107 Å². The van der Waals surface area contributed by atoms with Crippen LogP contribution in [0.15, 0.2) is 53.7 Å². The van der Waals surface area contributed by atoms with Gasteiger partial charge >= 0.3 is 0 Å². The minimum atomic E-state index is 0.176. The van der Waals surface area contributed by atoms with Crippen LogP contribution >= 0.6 is 11.8 Å². The summed E-state index contributed by atoms with van der Waals surface area (Å²) in [5.41, 5.74) is 10.1. The first-order chi connectivity index (χ1) is 14.5. The van der Waals surface area contributed by atoms with Crippen molar-refractivity contribution in [3.63, 3.8) is 0 Å². The number of benzene rings is 2. The molecule has 2 aromatic heterocycles. The number of nitrogen functional groups attached to an aromatic ring is 1. The van der Waals surface area contributed by atoms with Crippen molar-refractivity contribution in [1.82, 2.24) is 29.7 Å². The number of thioether (sulfide) groups is 1. The van der Waals surface area contributed by atoms with E-state index in [1.807, 2.05) is 54.9 Å². The summed E-state index contributed by atoms with van der Waals surface area (Å²) in [5.74, 6) is 2.48. The van der Waals surface area contributed by atoms with E-state index in [9.17, 15) is 0 Å².